The molecule has 2 aromatic heterocycles. The molecule has 0 amide bonds. The Labute approximate surface area is 170 Å². The Hall–Kier alpha value is -1.81. The summed E-state index contributed by atoms with van der Waals surface area (Å²) < 4.78 is 2.40. The van der Waals surface area contributed by atoms with Gasteiger partial charge in [0.2, 0.25) is 0 Å². The average Bonchev–Trinajstić information content (AvgIpc) is 3.31. The van der Waals surface area contributed by atoms with Crippen molar-refractivity contribution in [3.8, 4) is 0 Å². The molecule has 0 saturated heterocycles. The highest BCUT2D eigenvalue weighted by Gasteiger charge is 2.66. The van der Waals surface area contributed by atoms with Crippen molar-refractivity contribution in [1.29, 1.82) is 0 Å². The summed E-state index contributed by atoms with van der Waals surface area (Å²) in [5.74, 6) is 3.46. The van der Waals surface area contributed by atoms with Crippen LogP contribution in [0.1, 0.15) is 62.0 Å². The maximum Gasteiger partial charge on any atom is 0.194 e. The van der Waals surface area contributed by atoms with E-state index >= 15 is 0 Å². The van der Waals surface area contributed by atoms with Gasteiger partial charge in [0, 0.05) is 17.3 Å². The van der Waals surface area contributed by atoms with Gasteiger partial charge in [0.05, 0.1) is 23.0 Å². The minimum atomic E-state index is 0.111. The highest BCUT2D eigenvalue weighted by molar-refractivity contribution is 7.15. The molecule has 1 spiro atoms. The lowest BCUT2D eigenvalue weighted by molar-refractivity contribution is -0.0617. The van der Waals surface area contributed by atoms with E-state index in [1.54, 1.807) is 11.3 Å². The molecule has 0 N–H and O–H groups in total. The molecule has 4 heteroatoms. The molecule has 3 nitrogen and oxygen atoms in total. The summed E-state index contributed by atoms with van der Waals surface area (Å²) in [5, 5.41) is 2.19. The highest BCUT2D eigenvalue weighted by Crippen LogP contribution is 2.68. The second-order valence-electron chi connectivity index (χ2n) is 9.86. The van der Waals surface area contributed by atoms with Gasteiger partial charge in [0.15, 0.2) is 4.96 Å². The lowest BCUT2D eigenvalue weighted by Gasteiger charge is -2.63. The summed E-state index contributed by atoms with van der Waals surface area (Å²) in [7, 11) is 0. The molecule has 4 aliphatic carbocycles. The summed E-state index contributed by atoms with van der Waals surface area (Å²) in [6, 6.07) is 9.43. The molecule has 3 aromatic rings. The number of hydrogen-bond donors (Lipinski definition) is 0. The first-order valence-corrected chi connectivity index (χ1v) is 11.9. The number of aryl methyl sites for hydroxylation is 1. The largest absolute Gasteiger partial charge is 0.351 e. The van der Waals surface area contributed by atoms with Crippen LogP contribution in [-0.4, -0.2) is 9.38 Å². The van der Waals surface area contributed by atoms with E-state index in [1.165, 1.54) is 59.7 Å². The van der Waals surface area contributed by atoms with E-state index in [2.05, 4.69) is 59.0 Å². The minimum Gasteiger partial charge on any atom is -0.351 e. The van der Waals surface area contributed by atoms with E-state index in [0.29, 0.717) is 6.04 Å². The Balaban J connectivity index is 1.54. The van der Waals surface area contributed by atoms with Crippen molar-refractivity contribution >= 4 is 22.0 Å². The normalized spacial score (nSPS) is 38.1. The third kappa shape index (κ3) is 1.71. The number of benzene rings is 1. The second-order valence-corrected chi connectivity index (χ2v) is 10.7. The molecule has 1 aliphatic heterocycles. The van der Waals surface area contributed by atoms with E-state index in [-0.39, 0.29) is 5.54 Å². The van der Waals surface area contributed by atoms with Crippen molar-refractivity contribution in [3.05, 3.63) is 52.8 Å². The molecule has 4 fully saturated rings. The first kappa shape index (κ1) is 16.0. The van der Waals surface area contributed by atoms with Crippen LogP contribution in [0.4, 0.5) is 5.69 Å². The predicted octanol–water partition coefficient (Wildman–Crippen LogP) is 5.94. The number of nitrogens with zero attached hydrogens (tertiary/aromatic N) is 3. The summed E-state index contributed by atoms with van der Waals surface area (Å²) >= 11 is 1.79. The van der Waals surface area contributed by atoms with E-state index in [0.717, 1.165) is 23.7 Å². The zero-order chi connectivity index (χ0) is 18.6. The molecule has 28 heavy (non-hydrogen) atoms. The Morgan fingerprint density at radius 2 is 1.75 bits per heavy atom. The van der Waals surface area contributed by atoms with Gasteiger partial charge in [0.1, 0.15) is 0 Å². The van der Waals surface area contributed by atoms with Crippen LogP contribution in [0, 0.1) is 30.6 Å². The number of fused-ring (bicyclic) bond motifs is 3. The highest BCUT2D eigenvalue weighted by atomic mass is 32.1. The van der Waals surface area contributed by atoms with Crippen molar-refractivity contribution in [3.63, 3.8) is 0 Å². The molecule has 5 aliphatic rings. The molecular weight excluding hydrogens is 362 g/mol. The molecule has 0 unspecified atom stereocenters. The number of anilines is 1. The number of hydrogen-bond acceptors (Lipinski definition) is 3. The fourth-order valence-electron chi connectivity index (χ4n) is 7.98. The third-order valence-electron chi connectivity index (χ3n) is 8.62. The van der Waals surface area contributed by atoms with Crippen molar-refractivity contribution < 1.29 is 0 Å². The standard InChI is InChI=1S/C24H27N3S/c1-14-5-3-4-6-20(14)27-15(2)21-22(25-23-26(21)7-8-28-23)24(27)18-10-16-9-17(12-18)13-19(24)11-16/h3-8,15-19H,9-13H2,1-2H3/t15-,16?,17?,18?,19?,24?/m0/s1. The van der Waals surface area contributed by atoms with Gasteiger partial charge in [-0.1, -0.05) is 18.2 Å². The van der Waals surface area contributed by atoms with Crippen LogP contribution >= 0.6 is 11.3 Å². The fourth-order valence-corrected chi connectivity index (χ4v) is 8.70. The maximum atomic E-state index is 5.35. The summed E-state index contributed by atoms with van der Waals surface area (Å²) in [6.07, 6.45) is 9.38. The lowest BCUT2D eigenvalue weighted by atomic mass is 9.47. The minimum absolute atomic E-state index is 0.111. The topological polar surface area (TPSA) is 20.5 Å². The van der Waals surface area contributed by atoms with Gasteiger partial charge in [-0.15, -0.1) is 11.3 Å². The van der Waals surface area contributed by atoms with Crippen LogP contribution in [0.2, 0.25) is 0 Å². The SMILES string of the molecule is Cc1ccccc1N1[C@@H](C)c2c(nc3sccn23)C12C1CC3CC(C1)CC2C3. The van der Waals surface area contributed by atoms with Crippen molar-refractivity contribution in [2.24, 2.45) is 23.7 Å². The van der Waals surface area contributed by atoms with Crippen molar-refractivity contribution in [2.75, 3.05) is 4.90 Å². The first-order chi connectivity index (χ1) is 13.7. The van der Waals surface area contributed by atoms with E-state index < -0.39 is 0 Å². The summed E-state index contributed by atoms with van der Waals surface area (Å²) in [4.78, 5) is 9.38. The number of imidazole rings is 1. The third-order valence-corrected chi connectivity index (χ3v) is 9.37. The first-order valence-electron chi connectivity index (χ1n) is 11.0. The van der Waals surface area contributed by atoms with Gasteiger partial charge in [-0.25, -0.2) is 4.98 Å². The second kappa shape index (κ2) is 5.21. The Bertz CT molecular complexity index is 1060. The summed E-state index contributed by atoms with van der Waals surface area (Å²) in [5.41, 5.74) is 5.85. The quantitative estimate of drug-likeness (QED) is 0.514. The Kier molecular flexibility index (Phi) is 2.98. The maximum absolute atomic E-state index is 5.35. The van der Waals surface area contributed by atoms with Crippen molar-refractivity contribution in [1.82, 2.24) is 9.38 Å². The van der Waals surface area contributed by atoms with Crippen LogP contribution in [0.15, 0.2) is 35.8 Å². The van der Waals surface area contributed by atoms with Crippen LogP contribution in [0.25, 0.3) is 4.96 Å². The molecular formula is C24H27N3S. The average molecular weight is 390 g/mol. The van der Waals surface area contributed by atoms with Crippen LogP contribution in [0.5, 0.6) is 0 Å². The zero-order valence-corrected chi connectivity index (χ0v) is 17.5. The fraction of sp³-hybridized carbons (Fsp3) is 0.542. The predicted molar refractivity (Wildman–Crippen MR) is 114 cm³/mol. The van der Waals surface area contributed by atoms with Gasteiger partial charge in [-0.3, -0.25) is 4.40 Å². The van der Waals surface area contributed by atoms with Gasteiger partial charge < -0.3 is 4.90 Å². The van der Waals surface area contributed by atoms with Crippen LogP contribution in [-0.2, 0) is 5.54 Å². The molecule has 1 aromatic carbocycles. The van der Waals surface area contributed by atoms with E-state index in [4.69, 9.17) is 4.98 Å². The monoisotopic (exact) mass is 389 g/mol. The molecule has 4 bridgehead atoms. The number of aromatic nitrogens is 2. The lowest BCUT2D eigenvalue weighted by Crippen LogP contribution is -2.62. The molecule has 4 saturated carbocycles. The summed E-state index contributed by atoms with van der Waals surface area (Å²) in [6.45, 7) is 4.71. The number of thiazole rings is 1. The molecule has 8 rings (SSSR count). The van der Waals surface area contributed by atoms with Gasteiger partial charge in [-0.2, -0.15) is 0 Å². The van der Waals surface area contributed by atoms with Gasteiger partial charge >= 0.3 is 0 Å². The van der Waals surface area contributed by atoms with E-state index in [9.17, 15) is 0 Å². The van der Waals surface area contributed by atoms with Crippen LogP contribution in [0.3, 0.4) is 0 Å². The molecule has 144 valence electrons. The molecule has 0 radical (unpaired) electrons. The Morgan fingerprint density at radius 3 is 2.46 bits per heavy atom. The molecule has 1 atom stereocenters. The smallest absolute Gasteiger partial charge is 0.194 e. The van der Waals surface area contributed by atoms with Gasteiger partial charge in [-0.05, 0) is 81.3 Å². The number of para-hydroxylation sites is 1. The van der Waals surface area contributed by atoms with Gasteiger partial charge in [0.25, 0.3) is 0 Å². The van der Waals surface area contributed by atoms with Crippen molar-refractivity contribution in [2.45, 2.75) is 57.5 Å². The van der Waals surface area contributed by atoms with E-state index in [1.807, 2.05) is 0 Å². The Morgan fingerprint density at radius 1 is 1.04 bits per heavy atom. The van der Waals surface area contributed by atoms with Crippen LogP contribution < -0.4 is 4.90 Å². The molecule has 3 heterocycles. The zero-order valence-electron chi connectivity index (χ0n) is 16.6. The number of rotatable bonds is 1.